The molecule has 2 aromatic rings. The van der Waals surface area contributed by atoms with Crippen molar-refractivity contribution in [3.05, 3.63) is 30.1 Å². The lowest BCUT2D eigenvalue weighted by molar-refractivity contribution is -0.141. The normalized spacial score (nSPS) is 18.2. The summed E-state index contributed by atoms with van der Waals surface area (Å²) in [5.41, 5.74) is 2.55. The molecule has 1 aliphatic heterocycles. The van der Waals surface area contributed by atoms with Gasteiger partial charge in [-0.3, -0.25) is 14.8 Å². The summed E-state index contributed by atoms with van der Waals surface area (Å²) in [6.07, 6.45) is 8.35. The van der Waals surface area contributed by atoms with Gasteiger partial charge >= 0.3 is 0 Å². The van der Waals surface area contributed by atoms with Crippen LogP contribution in [0.5, 0.6) is 0 Å². The second-order valence-corrected chi connectivity index (χ2v) is 8.31. The van der Waals surface area contributed by atoms with E-state index in [-0.39, 0.29) is 11.3 Å². The molecule has 0 N–H and O–H groups in total. The van der Waals surface area contributed by atoms with E-state index in [1.807, 2.05) is 50.4 Å². The maximum absolute atomic E-state index is 12.6. The fourth-order valence-corrected chi connectivity index (χ4v) is 3.62. The van der Waals surface area contributed by atoms with Crippen LogP contribution in [0.25, 0.3) is 11.4 Å². The molecule has 0 bridgehead atoms. The Morgan fingerprint density at radius 1 is 1.23 bits per heavy atom. The number of rotatable bonds is 3. The highest BCUT2D eigenvalue weighted by molar-refractivity contribution is 5.81. The van der Waals surface area contributed by atoms with Gasteiger partial charge in [-0.05, 0) is 32.1 Å². The summed E-state index contributed by atoms with van der Waals surface area (Å²) < 4.78 is 2.05. The molecule has 1 saturated heterocycles. The number of carbonyl (C=O) groups excluding carboxylic acids is 1. The average molecular weight is 355 g/mol. The van der Waals surface area contributed by atoms with Crippen molar-refractivity contribution in [2.75, 3.05) is 13.1 Å². The molecule has 1 atom stereocenters. The molecule has 0 aromatic carbocycles. The Morgan fingerprint density at radius 3 is 2.62 bits per heavy atom. The number of carbonyl (C=O) groups is 1. The maximum Gasteiger partial charge on any atom is 0.227 e. The minimum atomic E-state index is -0.328. The summed E-state index contributed by atoms with van der Waals surface area (Å²) in [5, 5.41) is 0. The molecule has 3 rings (SSSR count). The second-order valence-electron chi connectivity index (χ2n) is 8.31. The van der Waals surface area contributed by atoms with Crippen LogP contribution in [-0.2, 0) is 18.3 Å². The number of hydrogen-bond acceptors (Lipinski definition) is 4. The minimum absolute atomic E-state index is 0.240. The van der Waals surface area contributed by atoms with Crippen LogP contribution < -0.4 is 0 Å². The van der Waals surface area contributed by atoms with Gasteiger partial charge in [0, 0.05) is 37.9 Å². The van der Waals surface area contributed by atoms with Crippen molar-refractivity contribution < 1.29 is 4.79 Å². The Balaban J connectivity index is 1.79. The zero-order chi connectivity index (χ0) is 18.9. The van der Waals surface area contributed by atoms with E-state index in [1.54, 1.807) is 12.4 Å². The number of likely N-dealkylation sites (tertiary alicyclic amines) is 1. The molecule has 0 unspecified atom stereocenters. The van der Waals surface area contributed by atoms with Crippen molar-refractivity contribution in [2.45, 2.75) is 47.0 Å². The van der Waals surface area contributed by atoms with Crippen LogP contribution >= 0.6 is 0 Å². The van der Waals surface area contributed by atoms with Crippen LogP contribution in [-0.4, -0.2) is 43.4 Å². The number of aryl methyl sites for hydroxylation is 1. The highest BCUT2D eigenvalue weighted by Gasteiger charge is 2.31. The van der Waals surface area contributed by atoms with Gasteiger partial charge < -0.3 is 9.47 Å². The molecular weight excluding hydrogens is 326 g/mol. The number of amides is 1. The van der Waals surface area contributed by atoms with E-state index in [2.05, 4.69) is 15.0 Å². The predicted octanol–water partition coefficient (Wildman–Crippen LogP) is 3.01. The van der Waals surface area contributed by atoms with Crippen LogP contribution in [0.3, 0.4) is 0 Å². The van der Waals surface area contributed by atoms with E-state index >= 15 is 0 Å². The molecule has 0 radical (unpaired) electrons. The summed E-state index contributed by atoms with van der Waals surface area (Å²) in [5.74, 6) is 1.61. The first-order chi connectivity index (χ1) is 12.3. The molecule has 1 amide bonds. The molecule has 6 heteroatoms. The summed E-state index contributed by atoms with van der Waals surface area (Å²) in [6, 6.07) is 0. The third-order valence-electron chi connectivity index (χ3n) is 5.17. The van der Waals surface area contributed by atoms with E-state index in [0.29, 0.717) is 5.92 Å². The summed E-state index contributed by atoms with van der Waals surface area (Å²) >= 11 is 0. The number of hydrogen-bond donors (Lipinski definition) is 0. The second kappa shape index (κ2) is 7.17. The van der Waals surface area contributed by atoms with E-state index < -0.39 is 0 Å². The number of nitrogens with zero attached hydrogens (tertiary/aromatic N) is 5. The van der Waals surface area contributed by atoms with Crippen molar-refractivity contribution in [3.8, 4) is 11.4 Å². The minimum Gasteiger partial charge on any atom is -0.342 e. The first-order valence-electron chi connectivity index (χ1n) is 9.35. The third kappa shape index (κ3) is 3.79. The summed E-state index contributed by atoms with van der Waals surface area (Å²) in [4.78, 5) is 28.2. The van der Waals surface area contributed by atoms with Crippen molar-refractivity contribution in [3.63, 3.8) is 0 Å². The van der Waals surface area contributed by atoms with Gasteiger partial charge in [0.15, 0.2) is 0 Å². The van der Waals surface area contributed by atoms with Crippen LogP contribution in [0.4, 0.5) is 0 Å². The molecule has 0 spiro atoms. The van der Waals surface area contributed by atoms with Crippen molar-refractivity contribution in [1.29, 1.82) is 0 Å². The van der Waals surface area contributed by atoms with Gasteiger partial charge in [-0.2, -0.15) is 0 Å². The smallest absolute Gasteiger partial charge is 0.227 e. The number of aromatic nitrogens is 4. The molecule has 1 aliphatic rings. The lowest BCUT2D eigenvalue weighted by atomic mass is 9.89. The highest BCUT2D eigenvalue weighted by Crippen LogP contribution is 2.28. The Bertz CT molecular complexity index is 790. The van der Waals surface area contributed by atoms with E-state index in [4.69, 9.17) is 0 Å². The third-order valence-corrected chi connectivity index (χ3v) is 5.17. The zero-order valence-corrected chi connectivity index (χ0v) is 16.5. The predicted molar refractivity (Wildman–Crippen MR) is 101 cm³/mol. The van der Waals surface area contributed by atoms with Crippen LogP contribution in [0.15, 0.2) is 18.6 Å². The zero-order valence-electron chi connectivity index (χ0n) is 16.5. The van der Waals surface area contributed by atoms with Gasteiger partial charge in [-0.25, -0.2) is 4.98 Å². The Labute approximate surface area is 155 Å². The van der Waals surface area contributed by atoms with Crippen LogP contribution in [0.2, 0.25) is 0 Å². The fraction of sp³-hybridized carbons (Fsp3) is 0.600. The van der Waals surface area contributed by atoms with Gasteiger partial charge in [0.05, 0.1) is 17.6 Å². The molecule has 6 nitrogen and oxygen atoms in total. The van der Waals surface area contributed by atoms with Gasteiger partial charge in [0.2, 0.25) is 5.91 Å². The molecule has 0 saturated carbocycles. The van der Waals surface area contributed by atoms with E-state index in [1.165, 1.54) is 0 Å². The first kappa shape index (κ1) is 18.5. The molecule has 140 valence electrons. The standard InChI is InChI=1S/C20H29N5O/c1-14-23-12-17(24(14)5)18-16(21-8-9-22-18)11-15-7-6-10-25(13-15)19(26)20(2,3)4/h8-9,12,15H,6-7,10-11,13H2,1-5H3/t15-/m1/s1. The Morgan fingerprint density at radius 2 is 1.96 bits per heavy atom. The lowest BCUT2D eigenvalue weighted by Gasteiger charge is -2.36. The monoisotopic (exact) mass is 355 g/mol. The SMILES string of the molecule is Cc1ncc(-c2nccnc2C[C@H]2CCCN(C(=O)C(C)(C)C)C2)n1C. The number of imidazole rings is 1. The van der Waals surface area contributed by atoms with E-state index in [9.17, 15) is 4.79 Å². The van der Waals surface area contributed by atoms with Gasteiger partial charge in [-0.1, -0.05) is 20.8 Å². The van der Waals surface area contributed by atoms with Crippen LogP contribution in [0, 0.1) is 18.3 Å². The lowest BCUT2D eigenvalue weighted by Crippen LogP contribution is -2.45. The fourth-order valence-electron chi connectivity index (χ4n) is 3.62. The first-order valence-corrected chi connectivity index (χ1v) is 9.35. The maximum atomic E-state index is 12.6. The van der Waals surface area contributed by atoms with Gasteiger partial charge in [0.25, 0.3) is 0 Å². The van der Waals surface area contributed by atoms with Crippen molar-refractivity contribution >= 4 is 5.91 Å². The van der Waals surface area contributed by atoms with Gasteiger partial charge in [-0.15, -0.1) is 0 Å². The highest BCUT2D eigenvalue weighted by atomic mass is 16.2. The van der Waals surface area contributed by atoms with Gasteiger partial charge in [0.1, 0.15) is 11.5 Å². The van der Waals surface area contributed by atoms with Crippen molar-refractivity contribution in [1.82, 2.24) is 24.4 Å². The largest absolute Gasteiger partial charge is 0.342 e. The van der Waals surface area contributed by atoms with Crippen molar-refractivity contribution in [2.24, 2.45) is 18.4 Å². The molecule has 26 heavy (non-hydrogen) atoms. The molecule has 0 aliphatic carbocycles. The quantitative estimate of drug-likeness (QED) is 0.849. The molecule has 2 aromatic heterocycles. The Kier molecular flexibility index (Phi) is 5.12. The average Bonchev–Trinajstić information content (AvgIpc) is 2.93. The molecule has 1 fully saturated rings. The molecular formula is C20H29N5O. The topological polar surface area (TPSA) is 63.9 Å². The number of piperidine rings is 1. The summed E-state index contributed by atoms with van der Waals surface area (Å²) in [6.45, 7) is 9.62. The molecule has 3 heterocycles. The van der Waals surface area contributed by atoms with E-state index in [0.717, 1.165) is 55.3 Å². The Hall–Kier alpha value is -2.24. The van der Waals surface area contributed by atoms with Crippen LogP contribution in [0.1, 0.15) is 45.1 Å². The summed E-state index contributed by atoms with van der Waals surface area (Å²) in [7, 11) is 2.00.